The predicted molar refractivity (Wildman–Crippen MR) is 58.6 cm³/mol. The maximum absolute atomic E-state index is 13.4. The van der Waals surface area contributed by atoms with Gasteiger partial charge in [-0.2, -0.15) is 0 Å². The van der Waals surface area contributed by atoms with Gasteiger partial charge < -0.3 is 9.47 Å². The van der Waals surface area contributed by atoms with Gasteiger partial charge in [-0.25, -0.2) is 4.39 Å². The molecular weight excluding hydrogens is 211 g/mol. The van der Waals surface area contributed by atoms with Crippen LogP contribution in [0.2, 0.25) is 0 Å². The van der Waals surface area contributed by atoms with Crippen LogP contribution in [0.1, 0.15) is 12.0 Å². The van der Waals surface area contributed by atoms with Crippen LogP contribution in [0.25, 0.3) is 6.08 Å². The van der Waals surface area contributed by atoms with E-state index in [-0.39, 0.29) is 18.2 Å². The third-order valence-corrected chi connectivity index (χ3v) is 2.03. The van der Waals surface area contributed by atoms with Gasteiger partial charge in [-0.3, -0.25) is 4.79 Å². The molecule has 0 bridgehead atoms. The van der Waals surface area contributed by atoms with Crippen LogP contribution in [-0.2, 0) is 9.53 Å². The highest BCUT2D eigenvalue weighted by Crippen LogP contribution is 2.22. The Bertz CT molecular complexity index is 399. The molecule has 0 aliphatic heterocycles. The highest BCUT2D eigenvalue weighted by atomic mass is 19.1. The van der Waals surface area contributed by atoms with E-state index in [4.69, 9.17) is 4.74 Å². The van der Waals surface area contributed by atoms with Gasteiger partial charge in [0.15, 0.2) is 0 Å². The van der Waals surface area contributed by atoms with Gasteiger partial charge in [0.05, 0.1) is 26.2 Å². The molecule has 0 aliphatic carbocycles. The summed E-state index contributed by atoms with van der Waals surface area (Å²) >= 11 is 0. The fourth-order valence-electron chi connectivity index (χ4n) is 1.21. The smallest absolute Gasteiger partial charge is 0.309 e. The van der Waals surface area contributed by atoms with Crippen LogP contribution in [0.5, 0.6) is 5.75 Å². The average molecular weight is 224 g/mol. The number of ether oxygens (including phenoxy) is 2. The summed E-state index contributed by atoms with van der Waals surface area (Å²) in [5.41, 5.74) is 0.328. The SMILES string of the molecule is COC(=O)CC=Cc1c(F)cccc1OC. The van der Waals surface area contributed by atoms with E-state index in [9.17, 15) is 9.18 Å². The molecule has 4 heteroatoms. The van der Waals surface area contributed by atoms with Crippen LogP contribution in [0, 0.1) is 5.82 Å². The minimum atomic E-state index is -0.388. The standard InChI is InChI=1S/C12H13FO3/c1-15-11-7-4-6-10(13)9(11)5-3-8-12(14)16-2/h3-7H,8H2,1-2H3. The molecule has 0 unspecified atom stereocenters. The van der Waals surface area contributed by atoms with Gasteiger partial charge in [0, 0.05) is 0 Å². The Balaban J connectivity index is 2.83. The van der Waals surface area contributed by atoms with Gasteiger partial charge in [0.2, 0.25) is 0 Å². The summed E-state index contributed by atoms with van der Waals surface area (Å²) in [6.45, 7) is 0. The fraction of sp³-hybridized carbons (Fsp3) is 0.250. The number of hydrogen-bond acceptors (Lipinski definition) is 3. The molecule has 0 spiro atoms. The summed E-state index contributed by atoms with van der Waals surface area (Å²) in [5.74, 6) is -0.326. The van der Waals surface area contributed by atoms with Crippen molar-refractivity contribution in [3.05, 3.63) is 35.7 Å². The average Bonchev–Trinajstić information content (AvgIpc) is 2.30. The largest absolute Gasteiger partial charge is 0.496 e. The predicted octanol–water partition coefficient (Wildman–Crippen LogP) is 2.41. The summed E-state index contributed by atoms with van der Waals surface area (Å²) in [7, 11) is 2.77. The molecule has 0 aromatic heterocycles. The summed E-state index contributed by atoms with van der Waals surface area (Å²) < 4.78 is 22.9. The molecule has 0 N–H and O–H groups in total. The van der Waals surface area contributed by atoms with Crippen LogP contribution in [0.3, 0.4) is 0 Å². The lowest BCUT2D eigenvalue weighted by molar-refractivity contribution is -0.139. The highest BCUT2D eigenvalue weighted by molar-refractivity contribution is 5.73. The lowest BCUT2D eigenvalue weighted by atomic mass is 10.1. The molecule has 0 fully saturated rings. The molecule has 0 radical (unpaired) electrons. The van der Waals surface area contributed by atoms with Crippen molar-refractivity contribution in [2.24, 2.45) is 0 Å². The molecule has 0 atom stereocenters. The Hall–Kier alpha value is -1.84. The summed E-state index contributed by atoms with van der Waals surface area (Å²) in [6, 6.07) is 4.55. The number of rotatable bonds is 4. The van der Waals surface area contributed by atoms with Crippen molar-refractivity contribution < 1.29 is 18.7 Å². The Morgan fingerprint density at radius 1 is 1.44 bits per heavy atom. The molecule has 3 nitrogen and oxygen atoms in total. The quantitative estimate of drug-likeness (QED) is 0.737. The van der Waals surface area contributed by atoms with Gasteiger partial charge in [-0.05, 0) is 12.1 Å². The maximum atomic E-state index is 13.4. The van der Waals surface area contributed by atoms with Gasteiger partial charge in [-0.1, -0.05) is 18.2 Å². The lowest BCUT2D eigenvalue weighted by Crippen LogP contribution is -1.97. The zero-order valence-corrected chi connectivity index (χ0v) is 9.20. The van der Waals surface area contributed by atoms with Gasteiger partial charge in [0.1, 0.15) is 11.6 Å². The Morgan fingerprint density at radius 2 is 2.19 bits per heavy atom. The number of halogens is 1. The van der Waals surface area contributed by atoms with Crippen molar-refractivity contribution in [1.29, 1.82) is 0 Å². The zero-order chi connectivity index (χ0) is 12.0. The molecule has 1 aromatic carbocycles. The number of carbonyl (C=O) groups is 1. The van der Waals surface area contributed by atoms with E-state index in [0.717, 1.165) is 0 Å². The van der Waals surface area contributed by atoms with E-state index in [1.54, 1.807) is 12.1 Å². The third kappa shape index (κ3) is 3.08. The summed E-state index contributed by atoms with van der Waals surface area (Å²) in [6.07, 6.45) is 3.14. The second-order valence-electron chi connectivity index (χ2n) is 3.04. The molecule has 16 heavy (non-hydrogen) atoms. The molecule has 0 saturated carbocycles. The van der Waals surface area contributed by atoms with E-state index in [0.29, 0.717) is 11.3 Å². The van der Waals surface area contributed by atoms with Crippen molar-refractivity contribution in [1.82, 2.24) is 0 Å². The molecule has 1 rings (SSSR count). The fourth-order valence-corrected chi connectivity index (χ4v) is 1.21. The molecule has 0 heterocycles. The first-order chi connectivity index (χ1) is 7.69. The van der Waals surface area contributed by atoms with Crippen molar-refractivity contribution in [2.75, 3.05) is 14.2 Å². The molecule has 86 valence electrons. The molecule has 0 amide bonds. The van der Waals surface area contributed by atoms with E-state index in [1.165, 1.54) is 32.4 Å². The van der Waals surface area contributed by atoms with Crippen molar-refractivity contribution >= 4 is 12.0 Å². The number of hydrogen-bond donors (Lipinski definition) is 0. The van der Waals surface area contributed by atoms with E-state index in [1.807, 2.05) is 0 Å². The second-order valence-corrected chi connectivity index (χ2v) is 3.04. The third-order valence-electron chi connectivity index (χ3n) is 2.03. The van der Waals surface area contributed by atoms with Crippen LogP contribution in [-0.4, -0.2) is 20.2 Å². The summed E-state index contributed by atoms with van der Waals surface area (Å²) in [5, 5.41) is 0. The van der Waals surface area contributed by atoms with Crippen molar-refractivity contribution in [2.45, 2.75) is 6.42 Å². The van der Waals surface area contributed by atoms with Crippen LogP contribution < -0.4 is 4.74 Å². The first kappa shape index (κ1) is 12.2. The highest BCUT2D eigenvalue weighted by Gasteiger charge is 2.05. The van der Waals surface area contributed by atoms with Gasteiger partial charge in [0.25, 0.3) is 0 Å². The normalized spacial score (nSPS) is 10.4. The molecule has 0 saturated heterocycles. The lowest BCUT2D eigenvalue weighted by Gasteiger charge is -2.04. The number of esters is 1. The van der Waals surface area contributed by atoms with Crippen LogP contribution >= 0.6 is 0 Å². The van der Waals surface area contributed by atoms with E-state index >= 15 is 0 Å². The van der Waals surface area contributed by atoms with Crippen LogP contribution in [0.4, 0.5) is 4.39 Å². The van der Waals surface area contributed by atoms with Crippen molar-refractivity contribution in [3.63, 3.8) is 0 Å². The number of carbonyl (C=O) groups excluding carboxylic acids is 1. The van der Waals surface area contributed by atoms with E-state index in [2.05, 4.69) is 4.74 Å². The van der Waals surface area contributed by atoms with E-state index < -0.39 is 0 Å². The Labute approximate surface area is 93.5 Å². The Morgan fingerprint density at radius 3 is 2.81 bits per heavy atom. The maximum Gasteiger partial charge on any atom is 0.309 e. The topological polar surface area (TPSA) is 35.5 Å². The number of benzene rings is 1. The molecule has 0 aliphatic rings. The summed E-state index contributed by atoms with van der Waals surface area (Å²) in [4.78, 5) is 10.8. The van der Waals surface area contributed by atoms with Crippen LogP contribution in [0.15, 0.2) is 24.3 Å². The first-order valence-corrected chi connectivity index (χ1v) is 4.75. The van der Waals surface area contributed by atoms with Crippen molar-refractivity contribution in [3.8, 4) is 5.75 Å². The Kier molecular flexibility index (Phi) is 4.51. The molecular formula is C12H13FO3. The minimum Gasteiger partial charge on any atom is -0.496 e. The van der Waals surface area contributed by atoms with Gasteiger partial charge in [-0.15, -0.1) is 0 Å². The zero-order valence-electron chi connectivity index (χ0n) is 9.20. The monoisotopic (exact) mass is 224 g/mol. The first-order valence-electron chi connectivity index (χ1n) is 4.75. The van der Waals surface area contributed by atoms with Gasteiger partial charge >= 0.3 is 5.97 Å². The molecule has 1 aromatic rings. The number of methoxy groups -OCH3 is 2. The minimum absolute atomic E-state index is 0.105. The second kappa shape index (κ2) is 5.90.